The molecule has 6 heteroatoms. The number of nitrogens with zero attached hydrogens (tertiary/aromatic N) is 1. The third kappa shape index (κ3) is 3.39. The molecular weight excluding hydrogens is 344 g/mol. The highest BCUT2D eigenvalue weighted by atomic mass is 79.9. The first-order chi connectivity index (χ1) is 9.24. The summed E-state index contributed by atoms with van der Waals surface area (Å²) < 4.78 is 12.3. The maximum Gasteiger partial charge on any atom is 0.162 e. The van der Waals surface area contributed by atoms with Gasteiger partial charge in [0.1, 0.15) is 13.2 Å². The van der Waals surface area contributed by atoms with Crippen LogP contribution in [0.25, 0.3) is 0 Å². The van der Waals surface area contributed by atoms with Crippen LogP contribution in [-0.2, 0) is 6.54 Å². The molecule has 2 aliphatic rings. The number of ether oxygens (including phenoxy) is 2. The highest BCUT2D eigenvalue weighted by Gasteiger charge is 2.21. The molecule has 0 unspecified atom stereocenters. The van der Waals surface area contributed by atoms with E-state index in [9.17, 15) is 0 Å². The van der Waals surface area contributed by atoms with Gasteiger partial charge in [0.25, 0.3) is 0 Å². The van der Waals surface area contributed by atoms with Gasteiger partial charge in [-0.2, -0.15) is 0 Å². The lowest BCUT2D eigenvalue weighted by Gasteiger charge is -2.34. The predicted octanol–water partition coefficient (Wildman–Crippen LogP) is 2.44. The summed E-state index contributed by atoms with van der Waals surface area (Å²) in [6, 6.07) is 4.69. The molecule has 0 radical (unpaired) electrons. The summed E-state index contributed by atoms with van der Waals surface area (Å²) in [7, 11) is 0. The lowest BCUT2D eigenvalue weighted by atomic mass is 10.1. The lowest BCUT2D eigenvalue weighted by Crippen LogP contribution is -2.49. The minimum absolute atomic E-state index is 0. The van der Waals surface area contributed by atoms with Gasteiger partial charge >= 0.3 is 0 Å². The molecule has 3 rings (SSSR count). The van der Waals surface area contributed by atoms with E-state index in [0.717, 1.165) is 42.2 Å². The van der Waals surface area contributed by atoms with Gasteiger partial charge in [0.2, 0.25) is 0 Å². The fourth-order valence-electron chi connectivity index (χ4n) is 2.56. The Labute approximate surface area is 134 Å². The van der Waals surface area contributed by atoms with E-state index in [1.54, 1.807) is 0 Å². The Morgan fingerprint density at radius 3 is 2.70 bits per heavy atom. The molecule has 1 N–H and O–H groups in total. The normalized spacial score (nSPS) is 22.2. The SMILES string of the molecule is C[C@@H]1CNCCN1Cc1cc2c(cc1Br)OCCO2.Cl. The van der Waals surface area contributed by atoms with Gasteiger partial charge in [-0.25, -0.2) is 0 Å². The molecular formula is C14H20BrClN2O2. The monoisotopic (exact) mass is 362 g/mol. The summed E-state index contributed by atoms with van der Waals surface area (Å²) in [5, 5.41) is 3.42. The maximum atomic E-state index is 5.66. The molecule has 0 saturated carbocycles. The quantitative estimate of drug-likeness (QED) is 0.875. The third-order valence-corrected chi connectivity index (χ3v) is 4.46. The van der Waals surface area contributed by atoms with Crippen LogP contribution < -0.4 is 14.8 Å². The molecule has 0 aromatic heterocycles. The van der Waals surface area contributed by atoms with Gasteiger partial charge < -0.3 is 14.8 Å². The molecule has 0 amide bonds. The van der Waals surface area contributed by atoms with E-state index in [1.807, 2.05) is 6.07 Å². The molecule has 1 aromatic carbocycles. The number of piperazine rings is 1. The van der Waals surface area contributed by atoms with E-state index in [0.29, 0.717) is 19.3 Å². The number of hydrogen-bond acceptors (Lipinski definition) is 4. The van der Waals surface area contributed by atoms with Crippen molar-refractivity contribution in [2.24, 2.45) is 0 Å². The van der Waals surface area contributed by atoms with Crippen molar-refractivity contribution in [3.05, 3.63) is 22.2 Å². The highest BCUT2D eigenvalue weighted by Crippen LogP contribution is 2.36. The molecule has 4 nitrogen and oxygen atoms in total. The highest BCUT2D eigenvalue weighted by molar-refractivity contribution is 9.10. The van der Waals surface area contributed by atoms with E-state index in [2.05, 4.69) is 39.1 Å². The summed E-state index contributed by atoms with van der Waals surface area (Å²) in [4.78, 5) is 2.49. The molecule has 1 saturated heterocycles. The second-order valence-corrected chi connectivity index (χ2v) is 5.97. The fourth-order valence-corrected chi connectivity index (χ4v) is 3.01. The molecule has 0 spiro atoms. The zero-order valence-corrected chi connectivity index (χ0v) is 13.9. The Morgan fingerprint density at radius 1 is 1.30 bits per heavy atom. The van der Waals surface area contributed by atoms with Crippen LogP contribution in [0.1, 0.15) is 12.5 Å². The van der Waals surface area contributed by atoms with Gasteiger partial charge in [-0.3, -0.25) is 4.90 Å². The van der Waals surface area contributed by atoms with E-state index in [1.165, 1.54) is 5.56 Å². The molecule has 112 valence electrons. The number of benzene rings is 1. The van der Waals surface area contributed by atoms with Gasteiger partial charge in [0.15, 0.2) is 11.5 Å². The van der Waals surface area contributed by atoms with Crippen molar-refractivity contribution in [3.8, 4) is 11.5 Å². The molecule has 1 atom stereocenters. The topological polar surface area (TPSA) is 33.7 Å². The first-order valence-corrected chi connectivity index (χ1v) is 7.56. The zero-order chi connectivity index (χ0) is 13.2. The van der Waals surface area contributed by atoms with Crippen LogP contribution in [0.15, 0.2) is 16.6 Å². The van der Waals surface area contributed by atoms with Crippen LogP contribution >= 0.6 is 28.3 Å². The van der Waals surface area contributed by atoms with Crippen LogP contribution in [0.2, 0.25) is 0 Å². The van der Waals surface area contributed by atoms with Crippen molar-refractivity contribution < 1.29 is 9.47 Å². The molecule has 20 heavy (non-hydrogen) atoms. The number of hydrogen-bond donors (Lipinski definition) is 1. The fraction of sp³-hybridized carbons (Fsp3) is 0.571. The average Bonchev–Trinajstić information content (AvgIpc) is 2.42. The first kappa shape index (κ1) is 15.9. The zero-order valence-electron chi connectivity index (χ0n) is 11.5. The van der Waals surface area contributed by atoms with Gasteiger partial charge in [-0.1, -0.05) is 15.9 Å². The average molecular weight is 364 g/mol. The number of nitrogens with one attached hydrogen (secondary N) is 1. The molecule has 2 heterocycles. The van der Waals surface area contributed by atoms with E-state index < -0.39 is 0 Å². The maximum absolute atomic E-state index is 5.66. The van der Waals surface area contributed by atoms with Crippen LogP contribution in [0, 0.1) is 0 Å². The van der Waals surface area contributed by atoms with E-state index in [4.69, 9.17) is 9.47 Å². The summed E-state index contributed by atoms with van der Waals surface area (Å²) in [5.74, 6) is 1.71. The lowest BCUT2D eigenvalue weighted by molar-refractivity contribution is 0.161. The van der Waals surface area contributed by atoms with Crippen molar-refractivity contribution in [3.63, 3.8) is 0 Å². The smallest absolute Gasteiger partial charge is 0.162 e. The molecule has 0 bridgehead atoms. The number of fused-ring (bicyclic) bond motifs is 1. The van der Waals surface area contributed by atoms with Crippen LogP contribution in [0.3, 0.4) is 0 Å². The molecule has 0 aliphatic carbocycles. The summed E-state index contributed by atoms with van der Waals surface area (Å²) in [5.41, 5.74) is 1.26. The van der Waals surface area contributed by atoms with Gasteiger partial charge in [-0.15, -0.1) is 12.4 Å². The summed E-state index contributed by atoms with van der Waals surface area (Å²) in [6.45, 7) is 7.68. The minimum Gasteiger partial charge on any atom is -0.486 e. The van der Waals surface area contributed by atoms with Crippen LogP contribution in [0.5, 0.6) is 11.5 Å². The third-order valence-electron chi connectivity index (χ3n) is 3.72. The molecule has 1 fully saturated rings. The minimum atomic E-state index is 0. The Hall–Kier alpha value is -0.490. The summed E-state index contributed by atoms with van der Waals surface area (Å²) in [6.07, 6.45) is 0. The Kier molecular flexibility index (Phi) is 5.55. The van der Waals surface area contributed by atoms with Crippen molar-refractivity contribution >= 4 is 28.3 Å². The molecule has 2 aliphatic heterocycles. The largest absolute Gasteiger partial charge is 0.486 e. The van der Waals surface area contributed by atoms with E-state index >= 15 is 0 Å². The molecule has 1 aromatic rings. The Morgan fingerprint density at radius 2 is 2.00 bits per heavy atom. The van der Waals surface area contributed by atoms with Gasteiger partial charge in [0, 0.05) is 36.7 Å². The van der Waals surface area contributed by atoms with Gasteiger partial charge in [-0.05, 0) is 24.6 Å². The second kappa shape index (κ2) is 6.98. The first-order valence-electron chi connectivity index (χ1n) is 6.77. The van der Waals surface area contributed by atoms with Crippen molar-refractivity contribution in [1.82, 2.24) is 10.2 Å². The predicted molar refractivity (Wildman–Crippen MR) is 85.1 cm³/mol. The number of halogens is 2. The van der Waals surface area contributed by atoms with Crippen LogP contribution in [-0.4, -0.2) is 43.8 Å². The summed E-state index contributed by atoms with van der Waals surface area (Å²) >= 11 is 3.64. The van der Waals surface area contributed by atoms with Crippen molar-refractivity contribution in [1.29, 1.82) is 0 Å². The Bertz CT molecular complexity index is 473. The second-order valence-electron chi connectivity index (χ2n) is 5.11. The van der Waals surface area contributed by atoms with Crippen molar-refractivity contribution in [2.45, 2.75) is 19.5 Å². The van der Waals surface area contributed by atoms with Crippen molar-refractivity contribution in [2.75, 3.05) is 32.8 Å². The Balaban J connectivity index is 0.00000147. The standard InChI is InChI=1S/C14H19BrN2O2.ClH/c1-10-8-16-2-3-17(10)9-11-6-13-14(7-12(11)15)19-5-4-18-13;/h6-7,10,16H,2-5,8-9H2,1H3;1H/t10-;/m1./s1. The number of rotatable bonds is 2. The van der Waals surface area contributed by atoms with Crippen LogP contribution in [0.4, 0.5) is 0 Å². The van der Waals surface area contributed by atoms with E-state index in [-0.39, 0.29) is 12.4 Å². The van der Waals surface area contributed by atoms with Gasteiger partial charge in [0.05, 0.1) is 0 Å².